The largest absolute Gasteiger partial charge is 0 e. The van der Waals surface area contributed by atoms with Crippen molar-refractivity contribution in [3.8, 4) is 22.5 Å². The number of aromatic nitrogens is 3. The fraction of sp³-hybridized carbons (Fsp3) is 0.341. The van der Waals surface area contributed by atoms with Crippen LogP contribution in [0.4, 0.5) is 0 Å². The Kier molecular flexibility index (Phi) is 9.06. The van der Waals surface area contributed by atoms with Crippen LogP contribution in [0.5, 0.6) is 0 Å². The molecule has 1 aliphatic rings. The minimum atomic E-state index is -2.25. The van der Waals surface area contributed by atoms with E-state index in [2.05, 4.69) is 44.4 Å². The molecule has 1 aliphatic carbocycles. The zero-order valence-corrected chi connectivity index (χ0v) is 32.9. The molecule has 3 nitrogen and oxygen atoms in total. The molecule has 6 aromatic rings. The predicted molar refractivity (Wildman–Crippen MR) is 200 cm³/mol. The summed E-state index contributed by atoms with van der Waals surface area (Å²) in [5, 5.41) is 1.88. The summed E-state index contributed by atoms with van der Waals surface area (Å²) in [6, 6.07) is 26.9. The summed E-state index contributed by atoms with van der Waals surface area (Å²) in [4.78, 5) is 14.2. The van der Waals surface area contributed by atoms with E-state index < -0.39 is 32.9 Å². The van der Waals surface area contributed by atoms with E-state index in [-0.39, 0.29) is 37.6 Å². The van der Waals surface area contributed by atoms with E-state index in [9.17, 15) is 0 Å². The van der Waals surface area contributed by atoms with Crippen molar-refractivity contribution < 1.29 is 29.7 Å². The minimum Gasteiger partial charge on any atom is 0 e. The molecule has 0 N–H and O–H groups in total. The smallest absolute Gasteiger partial charge is 0 e. The van der Waals surface area contributed by atoms with E-state index in [0.717, 1.165) is 67.9 Å². The van der Waals surface area contributed by atoms with Gasteiger partial charge in [0.05, 0.1) is 0 Å². The molecule has 4 heterocycles. The molecule has 1 radical (unpaired) electrons. The second kappa shape index (κ2) is 15.7. The van der Waals surface area contributed by atoms with E-state index in [4.69, 9.17) is 9.60 Å². The van der Waals surface area contributed by atoms with Gasteiger partial charge in [0, 0.05) is 38.8 Å². The van der Waals surface area contributed by atoms with Gasteiger partial charge in [-0.2, -0.15) is 11.3 Å². The molecule has 245 valence electrons. The summed E-state index contributed by atoms with van der Waals surface area (Å²) in [7, 11) is 0. The summed E-state index contributed by atoms with van der Waals surface area (Å²) < 4.78 is 59.6. The third kappa shape index (κ3) is 8.67. The topological polar surface area (TPSA) is 38.7 Å². The van der Waals surface area contributed by atoms with E-state index in [0.29, 0.717) is 16.1 Å². The number of pyridine rings is 3. The summed E-state index contributed by atoms with van der Waals surface area (Å²) in [6.07, 6.45) is 4.84. The van der Waals surface area contributed by atoms with Gasteiger partial charge in [0.15, 0.2) is 0 Å². The third-order valence-corrected chi connectivity index (χ3v) is 13.5. The fourth-order valence-electron chi connectivity index (χ4n) is 5.96. The molecule has 0 saturated heterocycles. The Balaban J connectivity index is 0.000000217. The minimum absolute atomic E-state index is 0. The molecule has 2 aromatic carbocycles. The van der Waals surface area contributed by atoms with Crippen LogP contribution in [0.15, 0.2) is 79.1 Å². The molecule has 0 bridgehead atoms. The third-order valence-electron chi connectivity index (χ3n) is 8.18. The molecule has 7 rings (SSSR count). The Labute approximate surface area is 311 Å². The van der Waals surface area contributed by atoms with Crippen LogP contribution >= 0.6 is 11.3 Å². The van der Waals surface area contributed by atoms with Gasteiger partial charge in [0.1, 0.15) is 4.83 Å². The SMILES string of the molecule is [2H]C([2H])([2H])c1ccc2c(n1)sc1c(-c3cc(C([2H])([2H])C4CCCC4)ccn3)[c-]ccc12.[2H]C([2H])(c1cc(-c2[c-]cccc2)nc[c]1[Ge]([CH3])([CH3])[CH3])C(C)C.[Ir]. The van der Waals surface area contributed by atoms with Crippen LogP contribution in [-0.4, -0.2) is 28.2 Å². The van der Waals surface area contributed by atoms with Gasteiger partial charge in [-0.15, -0.1) is 23.8 Å². The Morgan fingerprint density at radius 2 is 1.79 bits per heavy atom. The number of hydrogen-bond acceptors (Lipinski definition) is 4. The zero-order valence-electron chi connectivity index (χ0n) is 34.6. The number of fused-ring (bicyclic) bond motifs is 3. The molecule has 0 aliphatic heterocycles. The van der Waals surface area contributed by atoms with Crippen LogP contribution in [0.3, 0.4) is 0 Å². The molecule has 4 aromatic heterocycles. The molecule has 1 saturated carbocycles. The van der Waals surface area contributed by atoms with E-state index in [1.165, 1.54) is 11.3 Å². The zero-order chi connectivity index (χ0) is 38.3. The Morgan fingerprint density at radius 1 is 0.957 bits per heavy atom. The van der Waals surface area contributed by atoms with Crippen molar-refractivity contribution in [2.45, 2.75) is 76.4 Å². The van der Waals surface area contributed by atoms with Crippen molar-refractivity contribution in [2.75, 3.05) is 0 Å². The quantitative estimate of drug-likeness (QED) is 0.118. The molecule has 0 unspecified atom stereocenters. The molecular weight excluding hydrogens is 831 g/mol. The normalized spacial score (nSPS) is 16.6. The van der Waals surface area contributed by atoms with Crippen LogP contribution in [0.1, 0.15) is 65.9 Å². The maximum atomic E-state index is 8.72. The number of aryl methyl sites for hydroxylation is 1. The van der Waals surface area contributed by atoms with Crippen molar-refractivity contribution in [3.63, 3.8) is 0 Å². The van der Waals surface area contributed by atoms with Crippen LogP contribution in [0.2, 0.25) is 17.3 Å². The maximum absolute atomic E-state index is 8.72. The van der Waals surface area contributed by atoms with Gasteiger partial charge < -0.3 is 4.98 Å². The molecule has 47 heavy (non-hydrogen) atoms. The maximum Gasteiger partial charge on any atom is 0 e. The number of nitrogens with zero attached hydrogens (tertiary/aromatic N) is 3. The van der Waals surface area contributed by atoms with Crippen LogP contribution in [-0.2, 0) is 32.9 Å². The van der Waals surface area contributed by atoms with Crippen LogP contribution in [0, 0.1) is 30.8 Å². The van der Waals surface area contributed by atoms with E-state index in [1.807, 2.05) is 74.6 Å². The summed E-state index contributed by atoms with van der Waals surface area (Å²) in [5.41, 5.74) is 4.73. The summed E-state index contributed by atoms with van der Waals surface area (Å²) >= 11 is -0.776. The fourth-order valence-corrected chi connectivity index (χ4v) is 10.1. The number of hydrogen-bond donors (Lipinski definition) is 0. The van der Waals surface area contributed by atoms with Crippen molar-refractivity contribution >= 4 is 49.3 Å². The van der Waals surface area contributed by atoms with Gasteiger partial charge >= 0.3 is 128 Å². The standard InChI is InChI=1S/C23H21N2S.C18H24GeN.Ir/c1-15-9-10-19-18-7-4-8-20(22(18)26-23(19)25-15)21-14-17(11-12-24-21)13-16-5-2-3-6-16;1-14(2)11-16-12-18(15-9-7-6-8-10-15)20-13-17(16)19(3,4)5;/h4,7,9-12,14,16H,2-3,5-6,13H2,1H3;6-9,12-14H,11H2,1-5H3;/q2*-1;/i1D3,13D2;11D2;. The van der Waals surface area contributed by atoms with Crippen molar-refractivity contribution in [2.24, 2.45) is 11.8 Å². The number of rotatable bonds is 7. The Morgan fingerprint density at radius 3 is 2.51 bits per heavy atom. The van der Waals surface area contributed by atoms with Gasteiger partial charge in [-0.1, -0.05) is 48.8 Å². The molecule has 0 atom stereocenters. The van der Waals surface area contributed by atoms with Crippen molar-refractivity contribution in [3.05, 3.63) is 108 Å². The van der Waals surface area contributed by atoms with E-state index in [1.54, 1.807) is 18.3 Å². The predicted octanol–water partition coefficient (Wildman–Crippen LogP) is 10.6. The monoisotopic (exact) mass is 885 g/mol. The first-order valence-electron chi connectivity index (χ1n) is 19.6. The second-order valence-electron chi connectivity index (χ2n) is 13.2. The molecule has 0 amide bonds. The molecular formula is C41H45GeIrN3S-2. The Hall–Kier alpha value is -2.70. The molecule has 1 fully saturated rings. The van der Waals surface area contributed by atoms with Gasteiger partial charge in [-0.3, -0.25) is 0 Å². The second-order valence-corrected chi connectivity index (χ2v) is 24.8. The average molecular weight is 884 g/mol. The van der Waals surface area contributed by atoms with Gasteiger partial charge in [0.25, 0.3) is 0 Å². The summed E-state index contributed by atoms with van der Waals surface area (Å²) in [6.45, 7) is 1.63. The molecule has 6 heteroatoms. The van der Waals surface area contributed by atoms with Crippen LogP contribution < -0.4 is 4.40 Å². The van der Waals surface area contributed by atoms with Crippen molar-refractivity contribution in [1.82, 2.24) is 15.0 Å². The first-order chi connectivity index (χ1) is 24.9. The van der Waals surface area contributed by atoms with Gasteiger partial charge in [-0.05, 0) is 47.1 Å². The Bertz CT molecular complexity index is 2230. The molecule has 0 spiro atoms. The first kappa shape index (κ1) is 27.2. The summed E-state index contributed by atoms with van der Waals surface area (Å²) in [5.74, 6) is 6.81. The van der Waals surface area contributed by atoms with Gasteiger partial charge in [0.2, 0.25) is 0 Å². The van der Waals surface area contributed by atoms with E-state index >= 15 is 0 Å². The number of benzene rings is 2. The van der Waals surface area contributed by atoms with Crippen molar-refractivity contribution in [1.29, 1.82) is 0 Å². The average Bonchev–Trinajstić information content (AvgIpc) is 3.80. The number of thiophene rings is 1. The first-order valence-corrected chi connectivity index (χ1v) is 24.2. The van der Waals surface area contributed by atoms with Gasteiger partial charge in [-0.25, -0.2) is 4.98 Å². The van der Waals surface area contributed by atoms with Crippen LogP contribution in [0.25, 0.3) is 42.8 Å².